The molecule has 0 saturated heterocycles. The van der Waals surface area contributed by atoms with Gasteiger partial charge in [-0.15, -0.1) is 11.8 Å². The average Bonchev–Trinajstić information content (AvgIpc) is 2.68. The lowest BCUT2D eigenvalue weighted by molar-refractivity contribution is -0.113. The molecule has 0 unspecified atom stereocenters. The van der Waals surface area contributed by atoms with E-state index < -0.39 is 0 Å². The quantitative estimate of drug-likeness (QED) is 0.588. The number of hydrogen-bond acceptors (Lipinski definition) is 3. The highest BCUT2D eigenvalue weighted by Gasteiger charge is 2.07. The zero-order valence-corrected chi connectivity index (χ0v) is 14.8. The predicted octanol–water partition coefficient (Wildman–Crippen LogP) is 5.14. The van der Waals surface area contributed by atoms with Crippen molar-refractivity contribution in [3.63, 3.8) is 0 Å². The lowest BCUT2D eigenvalue weighted by atomic mass is 10.2. The van der Waals surface area contributed by atoms with Gasteiger partial charge in [0.1, 0.15) is 18.2 Å². The van der Waals surface area contributed by atoms with Crippen molar-refractivity contribution >= 4 is 23.4 Å². The van der Waals surface area contributed by atoms with E-state index >= 15 is 0 Å². The Morgan fingerprint density at radius 3 is 2.35 bits per heavy atom. The zero-order valence-electron chi connectivity index (χ0n) is 14.0. The van der Waals surface area contributed by atoms with E-state index in [4.69, 9.17) is 4.74 Å². The predicted molar refractivity (Wildman–Crippen MR) is 103 cm³/mol. The highest BCUT2D eigenvalue weighted by atomic mass is 32.2. The van der Waals surface area contributed by atoms with Gasteiger partial charge in [0.2, 0.25) is 5.91 Å². The first-order valence-electron chi connectivity index (χ1n) is 8.15. The molecule has 0 heterocycles. The van der Waals surface area contributed by atoms with Crippen molar-refractivity contribution in [2.75, 3.05) is 11.1 Å². The Bertz CT molecular complexity index is 853. The molecule has 0 saturated carbocycles. The summed E-state index contributed by atoms with van der Waals surface area (Å²) in [5, 5.41) is 2.79. The third kappa shape index (κ3) is 5.36. The van der Waals surface area contributed by atoms with Crippen LogP contribution < -0.4 is 10.1 Å². The lowest BCUT2D eigenvalue weighted by Crippen LogP contribution is -2.14. The maximum absolute atomic E-state index is 13.5. The van der Waals surface area contributed by atoms with Crippen molar-refractivity contribution in [2.45, 2.75) is 11.5 Å². The number of halogens is 1. The van der Waals surface area contributed by atoms with E-state index in [-0.39, 0.29) is 17.5 Å². The van der Waals surface area contributed by atoms with Crippen molar-refractivity contribution in [1.29, 1.82) is 0 Å². The number of amides is 1. The average molecular weight is 367 g/mol. The third-order valence-corrected chi connectivity index (χ3v) is 4.63. The van der Waals surface area contributed by atoms with Crippen LogP contribution in [0.4, 0.5) is 10.1 Å². The molecule has 3 nitrogen and oxygen atoms in total. The fourth-order valence-electron chi connectivity index (χ4n) is 2.28. The summed E-state index contributed by atoms with van der Waals surface area (Å²) in [5.41, 5.74) is 1.77. The molecule has 3 aromatic rings. The van der Waals surface area contributed by atoms with Gasteiger partial charge in [-0.1, -0.05) is 42.5 Å². The SMILES string of the molecule is O=C(CSc1ccccc1F)Nc1ccc(OCc2ccccc2)cc1. The van der Waals surface area contributed by atoms with E-state index in [1.807, 2.05) is 42.5 Å². The van der Waals surface area contributed by atoms with Gasteiger partial charge >= 0.3 is 0 Å². The van der Waals surface area contributed by atoms with Crippen LogP contribution in [-0.4, -0.2) is 11.7 Å². The van der Waals surface area contributed by atoms with Gasteiger partial charge in [0.25, 0.3) is 0 Å². The van der Waals surface area contributed by atoms with Crippen molar-refractivity contribution in [2.24, 2.45) is 0 Å². The van der Waals surface area contributed by atoms with Gasteiger partial charge in [0.05, 0.1) is 5.75 Å². The maximum atomic E-state index is 13.5. The van der Waals surface area contributed by atoms with Gasteiger partial charge in [-0.25, -0.2) is 4.39 Å². The van der Waals surface area contributed by atoms with E-state index in [1.54, 1.807) is 30.3 Å². The molecule has 132 valence electrons. The summed E-state index contributed by atoms with van der Waals surface area (Å²) in [6.07, 6.45) is 0. The Balaban J connectivity index is 1.47. The molecule has 26 heavy (non-hydrogen) atoms. The van der Waals surface area contributed by atoms with Gasteiger partial charge in [0, 0.05) is 10.6 Å². The summed E-state index contributed by atoms with van der Waals surface area (Å²) in [6.45, 7) is 0.492. The molecule has 3 rings (SSSR count). The Hall–Kier alpha value is -2.79. The van der Waals surface area contributed by atoms with E-state index in [9.17, 15) is 9.18 Å². The first-order valence-corrected chi connectivity index (χ1v) is 9.13. The van der Waals surface area contributed by atoms with Gasteiger partial charge in [-0.2, -0.15) is 0 Å². The van der Waals surface area contributed by atoms with E-state index in [2.05, 4.69) is 5.32 Å². The van der Waals surface area contributed by atoms with Crippen LogP contribution in [0, 0.1) is 5.82 Å². The number of rotatable bonds is 7. The summed E-state index contributed by atoms with van der Waals surface area (Å²) in [5.74, 6) is 0.377. The van der Waals surface area contributed by atoms with Crippen LogP contribution in [-0.2, 0) is 11.4 Å². The zero-order chi connectivity index (χ0) is 18.2. The van der Waals surface area contributed by atoms with E-state index in [1.165, 1.54) is 17.8 Å². The second-order valence-electron chi connectivity index (χ2n) is 5.57. The number of carbonyl (C=O) groups is 1. The second kappa shape index (κ2) is 9.06. The van der Waals surface area contributed by atoms with E-state index in [0.717, 1.165) is 11.3 Å². The number of carbonyl (C=O) groups excluding carboxylic acids is 1. The first-order chi connectivity index (χ1) is 12.7. The molecule has 0 atom stereocenters. The highest BCUT2D eigenvalue weighted by molar-refractivity contribution is 8.00. The summed E-state index contributed by atoms with van der Waals surface area (Å²) in [6, 6.07) is 23.5. The van der Waals surface area contributed by atoms with Gasteiger partial charge < -0.3 is 10.1 Å². The van der Waals surface area contributed by atoms with Gasteiger partial charge in [-0.05, 0) is 42.0 Å². The lowest BCUT2D eigenvalue weighted by Gasteiger charge is -2.09. The Morgan fingerprint density at radius 2 is 1.62 bits per heavy atom. The summed E-state index contributed by atoms with van der Waals surface area (Å²) in [7, 11) is 0. The summed E-state index contributed by atoms with van der Waals surface area (Å²) < 4.78 is 19.3. The molecule has 0 fully saturated rings. The van der Waals surface area contributed by atoms with Crippen LogP contribution in [0.2, 0.25) is 0 Å². The molecular weight excluding hydrogens is 349 g/mol. The number of benzene rings is 3. The maximum Gasteiger partial charge on any atom is 0.234 e. The minimum absolute atomic E-state index is 0.146. The smallest absolute Gasteiger partial charge is 0.234 e. The molecule has 3 aromatic carbocycles. The summed E-state index contributed by atoms with van der Waals surface area (Å²) >= 11 is 1.17. The minimum atomic E-state index is -0.315. The van der Waals surface area contributed by atoms with Crippen molar-refractivity contribution in [3.05, 3.63) is 90.2 Å². The molecule has 1 N–H and O–H groups in total. The van der Waals surface area contributed by atoms with Crippen LogP contribution >= 0.6 is 11.8 Å². The van der Waals surface area contributed by atoms with Crippen LogP contribution in [0.25, 0.3) is 0 Å². The molecule has 0 spiro atoms. The molecule has 1 amide bonds. The number of hydrogen-bond donors (Lipinski definition) is 1. The van der Waals surface area contributed by atoms with Gasteiger partial charge in [-0.3, -0.25) is 4.79 Å². The van der Waals surface area contributed by atoms with Gasteiger partial charge in [0.15, 0.2) is 0 Å². The highest BCUT2D eigenvalue weighted by Crippen LogP contribution is 2.22. The number of thioether (sulfide) groups is 1. The molecule has 0 aromatic heterocycles. The number of ether oxygens (including phenoxy) is 1. The van der Waals surface area contributed by atoms with Crippen LogP contribution in [0.15, 0.2) is 83.8 Å². The van der Waals surface area contributed by atoms with Crippen LogP contribution in [0.3, 0.4) is 0 Å². The Labute approximate surface area is 156 Å². The fraction of sp³-hybridized carbons (Fsp3) is 0.0952. The number of nitrogens with one attached hydrogen (secondary N) is 1. The minimum Gasteiger partial charge on any atom is -0.489 e. The van der Waals surface area contributed by atoms with E-state index in [0.29, 0.717) is 17.2 Å². The summed E-state index contributed by atoms with van der Waals surface area (Å²) in [4.78, 5) is 12.5. The third-order valence-electron chi connectivity index (χ3n) is 3.58. The number of anilines is 1. The Morgan fingerprint density at radius 1 is 0.923 bits per heavy atom. The molecule has 5 heteroatoms. The molecule has 0 bridgehead atoms. The van der Waals surface area contributed by atoms with Crippen molar-refractivity contribution in [1.82, 2.24) is 0 Å². The first kappa shape index (κ1) is 18.0. The molecule has 0 aliphatic rings. The Kier molecular flexibility index (Phi) is 6.28. The monoisotopic (exact) mass is 367 g/mol. The normalized spacial score (nSPS) is 10.3. The molecule has 0 radical (unpaired) electrons. The fourth-order valence-corrected chi connectivity index (χ4v) is 3.02. The van der Waals surface area contributed by atoms with Crippen LogP contribution in [0.1, 0.15) is 5.56 Å². The standard InChI is InChI=1S/C21H18FNO2S/c22-19-8-4-5-9-20(19)26-15-21(24)23-17-10-12-18(13-11-17)25-14-16-6-2-1-3-7-16/h1-13H,14-15H2,(H,23,24). The topological polar surface area (TPSA) is 38.3 Å². The molecule has 0 aliphatic carbocycles. The van der Waals surface area contributed by atoms with Crippen molar-refractivity contribution < 1.29 is 13.9 Å². The van der Waals surface area contributed by atoms with Crippen LogP contribution in [0.5, 0.6) is 5.75 Å². The molecule has 0 aliphatic heterocycles. The second-order valence-corrected chi connectivity index (χ2v) is 6.58. The largest absolute Gasteiger partial charge is 0.489 e. The molecular formula is C21H18FNO2S. The van der Waals surface area contributed by atoms with Crippen molar-refractivity contribution in [3.8, 4) is 5.75 Å².